The van der Waals surface area contributed by atoms with Crippen LogP contribution in [0, 0.1) is 33.8 Å². The third-order valence-corrected chi connectivity index (χ3v) is 15.9. The molecule has 20 heteroatoms. The second-order valence-electron chi connectivity index (χ2n) is 18.2. The number of aryl methyl sites for hydroxylation is 1. The van der Waals surface area contributed by atoms with Crippen LogP contribution in [0.5, 0.6) is 11.5 Å². The highest BCUT2D eigenvalue weighted by Crippen LogP contribution is 2.57. The molecule has 3 aliphatic heterocycles. The minimum absolute atomic E-state index is 0.0189. The first kappa shape index (κ1) is 41.8. The lowest BCUT2D eigenvalue weighted by Crippen LogP contribution is -2.67. The highest BCUT2D eigenvalue weighted by Gasteiger charge is 2.56. The van der Waals surface area contributed by atoms with Crippen LogP contribution < -0.4 is 30.1 Å². The number of fused-ring (bicyclic) bond motifs is 2. The molecule has 0 radical (unpaired) electrons. The Morgan fingerprint density at radius 1 is 0.969 bits per heavy atom. The molecule has 10 rings (SSSR count). The summed E-state index contributed by atoms with van der Waals surface area (Å²) in [4.78, 5) is 48.7. The number of halogens is 2. The number of rotatable bonds is 10. The first-order chi connectivity index (χ1) is 30.6. The van der Waals surface area contributed by atoms with E-state index in [4.69, 9.17) is 4.74 Å². The summed E-state index contributed by atoms with van der Waals surface area (Å²) in [7, 11) is -0.874. The molecule has 2 saturated carbocycles. The SMILES string of the molecule is CCN(C)S(=O)(=O)Nc1ccc(F)c(Oc2ccc3ncn(C4CC5(CCN(C6CC7(C6)CN(c6cc8c(cc6F)c(N6CCC(=O)NC6=O)nn8C)C7)CC5)C4)c(=O)c3c2)c1C#N. The number of urea groups is 1. The van der Waals surface area contributed by atoms with Gasteiger partial charge in [-0.3, -0.25) is 33.8 Å². The maximum absolute atomic E-state index is 15.7. The van der Waals surface area contributed by atoms with Gasteiger partial charge in [-0.05, 0) is 99.5 Å². The van der Waals surface area contributed by atoms with Crippen LogP contribution in [0.4, 0.5) is 30.8 Å². The van der Waals surface area contributed by atoms with E-state index in [2.05, 4.69) is 29.9 Å². The molecule has 5 heterocycles. The zero-order valence-corrected chi connectivity index (χ0v) is 36.4. The molecule has 0 atom stereocenters. The number of benzene rings is 3. The summed E-state index contributed by atoms with van der Waals surface area (Å²) in [5.74, 6) is -1.62. The van der Waals surface area contributed by atoms with Crippen LogP contribution >= 0.6 is 0 Å². The highest BCUT2D eigenvalue weighted by atomic mass is 32.2. The number of likely N-dealkylation sites (tertiary alicyclic amines) is 1. The Balaban J connectivity index is 0.746. The van der Waals surface area contributed by atoms with Gasteiger partial charge in [0.15, 0.2) is 17.4 Å². The second-order valence-corrected chi connectivity index (χ2v) is 20.0. The molecule has 5 aromatic rings. The Labute approximate surface area is 367 Å². The fourth-order valence-corrected chi connectivity index (χ4v) is 11.5. The summed E-state index contributed by atoms with van der Waals surface area (Å²) in [6.07, 6.45) is 7.67. The van der Waals surface area contributed by atoms with E-state index < -0.39 is 27.8 Å². The van der Waals surface area contributed by atoms with E-state index in [0.29, 0.717) is 34.0 Å². The maximum atomic E-state index is 15.7. The van der Waals surface area contributed by atoms with Crippen molar-refractivity contribution in [3.63, 3.8) is 0 Å². The average molecular weight is 896 g/mol. The van der Waals surface area contributed by atoms with E-state index in [1.165, 1.54) is 30.1 Å². The van der Waals surface area contributed by atoms with E-state index in [9.17, 15) is 28.1 Å². The number of nitrogens with zero attached hydrogens (tertiary/aromatic N) is 9. The number of hydrogen-bond acceptors (Lipinski definition) is 11. The molecule has 5 aliphatic rings. The Hall–Kier alpha value is -6.17. The summed E-state index contributed by atoms with van der Waals surface area (Å²) in [5, 5.41) is 17.5. The van der Waals surface area contributed by atoms with Crippen molar-refractivity contribution in [1.82, 2.24) is 33.9 Å². The number of ether oxygens (including phenoxy) is 1. The quantitative estimate of drug-likeness (QED) is 0.183. The van der Waals surface area contributed by atoms with Crippen LogP contribution in [0.25, 0.3) is 21.8 Å². The fraction of sp³-hybridized carbons (Fsp3) is 0.455. The van der Waals surface area contributed by atoms with Crippen molar-refractivity contribution >= 4 is 61.1 Å². The smallest absolute Gasteiger partial charge is 0.329 e. The number of nitriles is 1. The topological polar surface area (TPSA) is 191 Å². The van der Waals surface area contributed by atoms with Crippen molar-refractivity contribution in [3.8, 4) is 17.6 Å². The molecule has 17 nitrogen and oxygen atoms in total. The van der Waals surface area contributed by atoms with Gasteiger partial charge in [-0.25, -0.2) is 18.6 Å². The highest BCUT2D eigenvalue weighted by molar-refractivity contribution is 7.90. The minimum Gasteiger partial charge on any atom is -0.453 e. The predicted molar refractivity (Wildman–Crippen MR) is 233 cm³/mol. The number of amides is 3. The number of imide groups is 1. The van der Waals surface area contributed by atoms with Crippen LogP contribution in [0.3, 0.4) is 0 Å². The van der Waals surface area contributed by atoms with Gasteiger partial charge in [0, 0.05) is 69.6 Å². The van der Waals surface area contributed by atoms with Crippen LogP contribution in [0.2, 0.25) is 0 Å². The third-order valence-electron chi connectivity index (χ3n) is 14.3. The van der Waals surface area contributed by atoms with Crippen LogP contribution in [-0.4, -0.2) is 101 Å². The lowest BCUT2D eigenvalue weighted by Gasteiger charge is -2.63. The Kier molecular flexibility index (Phi) is 9.95. The van der Waals surface area contributed by atoms with E-state index in [0.717, 1.165) is 81.1 Å². The summed E-state index contributed by atoms with van der Waals surface area (Å²) < 4.78 is 68.6. The lowest BCUT2D eigenvalue weighted by atomic mass is 9.57. The molecule has 64 heavy (non-hydrogen) atoms. The summed E-state index contributed by atoms with van der Waals surface area (Å²) in [6, 6.07) is 11.8. The number of carbonyl (C=O) groups excluding carboxylic acids is 2. The minimum atomic E-state index is -4.01. The van der Waals surface area contributed by atoms with Crippen molar-refractivity contribution in [3.05, 3.63) is 76.3 Å². The molecule has 0 unspecified atom stereocenters. The maximum Gasteiger partial charge on any atom is 0.329 e. The Morgan fingerprint density at radius 2 is 1.70 bits per heavy atom. The number of hydrogen-bond donors (Lipinski definition) is 2. The van der Waals surface area contributed by atoms with Crippen LogP contribution in [0.1, 0.15) is 63.5 Å². The van der Waals surface area contributed by atoms with Gasteiger partial charge in [0.05, 0.1) is 34.1 Å². The van der Waals surface area contributed by atoms with Crippen molar-refractivity contribution in [2.75, 3.05) is 60.8 Å². The molecule has 5 fully saturated rings. The zero-order valence-electron chi connectivity index (χ0n) is 35.6. The predicted octanol–water partition coefficient (Wildman–Crippen LogP) is 5.37. The van der Waals surface area contributed by atoms with Gasteiger partial charge in [0.25, 0.3) is 5.56 Å². The molecule has 334 valence electrons. The number of carbonyl (C=O) groups is 2. The van der Waals surface area contributed by atoms with Crippen molar-refractivity contribution in [2.24, 2.45) is 17.9 Å². The van der Waals surface area contributed by atoms with Crippen molar-refractivity contribution in [2.45, 2.75) is 64.0 Å². The molecule has 3 amide bonds. The van der Waals surface area contributed by atoms with Gasteiger partial charge < -0.3 is 14.5 Å². The first-order valence-electron chi connectivity index (χ1n) is 21.5. The number of nitrogens with one attached hydrogen (secondary N) is 2. The van der Waals surface area contributed by atoms with E-state index in [1.807, 2.05) is 12.1 Å². The van der Waals surface area contributed by atoms with Gasteiger partial charge in [-0.2, -0.15) is 23.1 Å². The molecule has 3 aromatic carbocycles. The van der Waals surface area contributed by atoms with Gasteiger partial charge in [-0.15, -0.1) is 0 Å². The summed E-state index contributed by atoms with van der Waals surface area (Å²) >= 11 is 0. The third kappa shape index (κ3) is 7.00. The van der Waals surface area contributed by atoms with Crippen LogP contribution in [-0.2, 0) is 22.1 Å². The van der Waals surface area contributed by atoms with E-state index in [-0.39, 0.29) is 76.1 Å². The zero-order chi connectivity index (χ0) is 44.9. The number of anilines is 3. The number of aromatic nitrogens is 4. The normalized spacial score (nSPS) is 20.9. The molecule has 0 bridgehead atoms. The first-order valence-corrected chi connectivity index (χ1v) is 22.9. The summed E-state index contributed by atoms with van der Waals surface area (Å²) in [6.45, 7) is 5.54. The molecule has 2 spiro atoms. The Morgan fingerprint density at radius 3 is 2.41 bits per heavy atom. The Bertz CT molecular complexity index is 2980. The standard InChI is InChI=1S/C44H47F2N11O6S/c1-4-52(2)64(61,62)51-35-8-6-32(45)39(31(35)22-47)63-28-5-7-34-29(15-28)41(59)57(25-48-34)27-20-43(21-27)10-13-54(14-11-43)26-18-44(19-26)23-55(24-44)37-17-36-30(16-33(37)46)40(50-53(36)3)56-12-9-38(58)49-42(56)60/h5-8,15-17,25-27,51H,4,9-14,18-21,23-24H2,1-3H3,(H,49,58,60). The lowest BCUT2D eigenvalue weighted by molar-refractivity contribution is -0.120. The molecule has 2 aliphatic carbocycles. The van der Waals surface area contributed by atoms with Gasteiger partial charge in [0.1, 0.15) is 23.2 Å². The van der Waals surface area contributed by atoms with E-state index >= 15 is 8.78 Å². The summed E-state index contributed by atoms with van der Waals surface area (Å²) in [5.41, 5.74) is 1.25. The molecular formula is C44H47F2N11O6S. The van der Waals surface area contributed by atoms with Gasteiger partial charge >= 0.3 is 16.2 Å². The number of piperidine rings is 1. The molecule has 2 aromatic heterocycles. The van der Waals surface area contributed by atoms with Crippen molar-refractivity contribution < 1.29 is 31.5 Å². The van der Waals surface area contributed by atoms with Gasteiger partial charge in [0.2, 0.25) is 5.91 Å². The average Bonchev–Trinajstić information content (AvgIpc) is 3.54. The second kappa shape index (κ2) is 15.2. The van der Waals surface area contributed by atoms with Crippen molar-refractivity contribution in [1.29, 1.82) is 5.26 Å². The molecule has 2 N–H and O–H groups in total. The van der Waals surface area contributed by atoms with Gasteiger partial charge in [-0.1, -0.05) is 6.92 Å². The van der Waals surface area contributed by atoms with E-state index in [1.54, 1.807) is 35.6 Å². The van der Waals surface area contributed by atoms with Crippen LogP contribution in [0.15, 0.2) is 53.6 Å². The fourth-order valence-electron chi connectivity index (χ4n) is 10.6. The molecular weight excluding hydrogens is 849 g/mol. The monoisotopic (exact) mass is 895 g/mol. The largest absolute Gasteiger partial charge is 0.453 e. The molecule has 3 saturated heterocycles.